The van der Waals surface area contributed by atoms with Gasteiger partial charge >= 0.3 is 0 Å². The molecule has 1 aliphatic carbocycles. The van der Waals surface area contributed by atoms with Crippen LogP contribution in [0.2, 0.25) is 0 Å². The number of aromatic nitrogens is 1. The van der Waals surface area contributed by atoms with Gasteiger partial charge in [-0.1, -0.05) is 12.1 Å². The Kier molecular flexibility index (Phi) is 2.96. The zero-order valence-electron chi connectivity index (χ0n) is 10.8. The Labute approximate surface area is 106 Å². The fourth-order valence-electron chi connectivity index (χ4n) is 2.22. The van der Waals surface area contributed by atoms with Gasteiger partial charge in [0.25, 0.3) is 0 Å². The van der Waals surface area contributed by atoms with Gasteiger partial charge < -0.3 is 14.3 Å². The summed E-state index contributed by atoms with van der Waals surface area (Å²) in [6, 6.07) is 6.10. The van der Waals surface area contributed by atoms with Gasteiger partial charge in [0, 0.05) is 18.5 Å². The number of hydrogen-bond acceptors (Lipinski definition) is 4. The van der Waals surface area contributed by atoms with Crippen LogP contribution in [0.3, 0.4) is 0 Å². The minimum absolute atomic E-state index is 0.650. The molecule has 0 aromatic carbocycles. The molecule has 96 valence electrons. The summed E-state index contributed by atoms with van der Waals surface area (Å²) < 4.78 is 10.8. The van der Waals surface area contributed by atoms with Crippen molar-refractivity contribution in [3.05, 3.63) is 41.2 Å². The average Bonchev–Trinajstić information content (AvgIpc) is 2.79. The van der Waals surface area contributed by atoms with Gasteiger partial charge in [0.2, 0.25) is 0 Å². The van der Waals surface area contributed by atoms with E-state index in [0.717, 1.165) is 35.4 Å². The van der Waals surface area contributed by atoms with Gasteiger partial charge in [-0.25, -0.2) is 0 Å². The van der Waals surface area contributed by atoms with Crippen molar-refractivity contribution in [1.29, 1.82) is 0 Å². The van der Waals surface area contributed by atoms with Crippen LogP contribution in [0.5, 0.6) is 0 Å². The van der Waals surface area contributed by atoms with Gasteiger partial charge in [0.05, 0.1) is 12.2 Å². The number of nitrogens with one attached hydrogen (secondary N) is 1. The van der Waals surface area contributed by atoms with Crippen molar-refractivity contribution >= 4 is 0 Å². The Morgan fingerprint density at radius 2 is 2.22 bits per heavy atom. The molecule has 4 heteroatoms. The van der Waals surface area contributed by atoms with Crippen LogP contribution in [0.4, 0.5) is 0 Å². The number of aryl methyl sites for hydroxylation is 1. The third-order valence-corrected chi connectivity index (χ3v) is 3.44. The maximum absolute atomic E-state index is 5.81. The Balaban J connectivity index is 1.49. The lowest BCUT2D eigenvalue weighted by Gasteiger charge is -1.99. The molecule has 4 nitrogen and oxygen atoms in total. The van der Waals surface area contributed by atoms with Gasteiger partial charge in [-0.2, -0.15) is 0 Å². The second-order valence-electron chi connectivity index (χ2n) is 5.16. The maximum atomic E-state index is 5.81. The molecule has 1 saturated carbocycles. The molecule has 3 rings (SSSR count). The van der Waals surface area contributed by atoms with Gasteiger partial charge in [-0.05, 0) is 31.4 Å². The van der Waals surface area contributed by atoms with Crippen molar-refractivity contribution < 1.29 is 8.94 Å². The van der Waals surface area contributed by atoms with Crippen LogP contribution < -0.4 is 5.32 Å². The molecule has 0 amide bonds. The summed E-state index contributed by atoms with van der Waals surface area (Å²) in [5.74, 6) is 4.41. The van der Waals surface area contributed by atoms with Crippen LogP contribution in [0, 0.1) is 12.8 Å². The molecule has 18 heavy (non-hydrogen) atoms. The fraction of sp³-hybridized carbons (Fsp3) is 0.500. The van der Waals surface area contributed by atoms with E-state index < -0.39 is 0 Å². The molecule has 0 saturated heterocycles. The standard InChI is InChI=1S/C14H18N2O2/c1-9-5-13(9)14-4-3-12(17-14)8-15-7-11-6-10(2)18-16-11/h3-4,6,9,13,15H,5,7-8H2,1-2H3. The highest BCUT2D eigenvalue weighted by Gasteiger charge is 2.36. The molecule has 1 N–H and O–H groups in total. The molecule has 0 radical (unpaired) electrons. The topological polar surface area (TPSA) is 51.2 Å². The highest BCUT2D eigenvalue weighted by Crippen LogP contribution is 2.47. The molecule has 2 heterocycles. The third kappa shape index (κ3) is 2.48. The zero-order valence-corrected chi connectivity index (χ0v) is 10.8. The Bertz CT molecular complexity index is 529. The normalized spacial score (nSPS) is 22.3. The monoisotopic (exact) mass is 246 g/mol. The molecule has 2 unspecified atom stereocenters. The maximum Gasteiger partial charge on any atom is 0.133 e. The SMILES string of the molecule is Cc1cc(CNCc2ccc(C3CC3C)o2)no1. The lowest BCUT2D eigenvalue weighted by molar-refractivity contribution is 0.386. The van der Waals surface area contributed by atoms with Crippen molar-refractivity contribution in [3.8, 4) is 0 Å². The second-order valence-corrected chi connectivity index (χ2v) is 5.16. The average molecular weight is 246 g/mol. The van der Waals surface area contributed by atoms with Crippen molar-refractivity contribution in [1.82, 2.24) is 10.5 Å². The van der Waals surface area contributed by atoms with Crippen molar-refractivity contribution in [2.45, 2.75) is 39.3 Å². The molecule has 2 aromatic heterocycles. The first kappa shape index (κ1) is 11.5. The minimum atomic E-state index is 0.650. The molecule has 0 spiro atoms. The van der Waals surface area contributed by atoms with E-state index in [1.54, 1.807) is 0 Å². The van der Waals surface area contributed by atoms with Crippen LogP contribution >= 0.6 is 0 Å². The van der Waals surface area contributed by atoms with E-state index in [-0.39, 0.29) is 0 Å². The Hall–Kier alpha value is -1.55. The molecular formula is C14H18N2O2. The molecule has 1 aliphatic rings. The summed E-state index contributed by atoms with van der Waals surface area (Å²) in [6.07, 6.45) is 1.26. The first-order chi connectivity index (χ1) is 8.72. The van der Waals surface area contributed by atoms with Crippen LogP contribution in [-0.4, -0.2) is 5.16 Å². The summed E-state index contributed by atoms with van der Waals surface area (Å²) >= 11 is 0. The van der Waals surface area contributed by atoms with Gasteiger partial charge in [-0.3, -0.25) is 0 Å². The third-order valence-electron chi connectivity index (χ3n) is 3.44. The Morgan fingerprint density at radius 3 is 2.89 bits per heavy atom. The minimum Gasteiger partial charge on any atom is -0.464 e. The summed E-state index contributed by atoms with van der Waals surface area (Å²) in [5.41, 5.74) is 0.926. The number of rotatable bonds is 5. The first-order valence-corrected chi connectivity index (χ1v) is 6.44. The zero-order chi connectivity index (χ0) is 12.5. The number of nitrogens with zero attached hydrogens (tertiary/aromatic N) is 1. The van der Waals surface area contributed by atoms with Crippen LogP contribution in [0.25, 0.3) is 0 Å². The number of hydrogen-bond donors (Lipinski definition) is 1. The van der Waals surface area contributed by atoms with Crippen molar-refractivity contribution in [2.75, 3.05) is 0 Å². The van der Waals surface area contributed by atoms with E-state index in [1.807, 2.05) is 13.0 Å². The smallest absolute Gasteiger partial charge is 0.133 e. The predicted molar refractivity (Wildman–Crippen MR) is 67.0 cm³/mol. The van der Waals surface area contributed by atoms with Crippen molar-refractivity contribution in [3.63, 3.8) is 0 Å². The quantitative estimate of drug-likeness (QED) is 0.881. The number of furan rings is 1. The molecule has 2 aromatic rings. The van der Waals surface area contributed by atoms with E-state index in [4.69, 9.17) is 8.94 Å². The van der Waals surface area contributed by atoms with Gasteiger partial charge in [-0.15, -0.1) is 0 Å². The first-order valence-electron chi connectivity index (χ1n) is 6.44. The highest BCUT2D eigenvalue weighted by atomic mass is 16.5. The van der Waals surface area contributed by atoms with E-state index in [9.17, 15) is 0 Å². The Morgan fingerprint density at radius 1 is 1.39 bits per heavy atom. The molecule has 2 atom stereocenters. The van der Waals surface area contributed by atoms with Crippen LogP contribution in [0.1, 0.15) is 42.2 Å². The predicted octanol–water partition coefficient (Wildman–Crippen LogP) is 2.99. The van der Waals surface area contributed by atoms with Gasteiger partial charge in [0.1, 0.15) is 17.3 Å². The summed E-state index contributed by atoms with van der Waals surface area (Å²) in [4.78, 5) is 0. The lowest BCUT2D eigenvalue weighted by Crippen LogP contribution is -2.12. The second kappa shape index (κ2) is 4.61. The van der Waals surface area contributed by atoms with E-state index in [2.05, 4.69) is 29.5 Å². The molecule has 0 bridgehead atoms. The van der Waals surface area contributed by atoms with Crippen LogP contribution in [0.15, 0.2) is 27.1 Å². The van der Waals surface area contributed by atoms with E-state index >= 15 is 0 Å². The highest BCUT2D eigenvalue weighted by molar-refractivity contribution is 5.17. The lowest BCUT2D eigenvalue weighted by atomic mass is 10.3. The van der Waals surface area contributed by atoms with Crippen LogP contribution in [-0.2, 0) is 13.1 Å². The van der Waals surface area contributed by atoms with Gasteiger partial charge in [0.15, 0.2) is 0 Å². The summed E-state index contributed by atoms with van der Waals surface area (Å²) in [5, 5.41) is 7.23. The summed E-state index contributed by atoms with van der Waals surface area (Å²) in [7, 11) is 0. The van der Waals surface area contributed by atoms with E-state index in [0.29, 0.717) is 12.5 Å². The molecular weight excluding hydrogens is 228 g/mol. The van der Waals surface area contributed by atoms with Crippen molar-refractivity contribution in [2.24, 2.45) is 5.92 Å². The fourth-order valence-corrected chi connectivity index (χ4v) is 2.22. The molecule has 1 fully saturated rings. The molecule has 0 aliphatic heterocycles. The van der Waals surface area contributed by atoms with E-state index in [1.165, 1.54) is 6.42 Å². The largest absolute Gasteiger partial charge is 0.464 e. The summed E-state index contributed by atoms with van der Waals surface area (Å²) in [6.45, 7) is 5.59.